The largest absolute Gasteiger partial charge is 0.345 e. The van der Waals surface area contributed by atoms with E-state index < -0.39 is 17.7 Å². The van der Waals surface area contributed by atoms with Crippen LogP contribution in [-0.4, -0.2) is 14.3 Å². The number of aromatic nitrogens is 3. The van der Waals surface area contributed by atoms with E-state index >= 15 is 0 Å². The summed E-state index contributed by atoms with van der Waals surface area (Å²) < 4.78 is 29.8. The second-order valence-electron chi connectivity index (χ2n) is 5.26. The van der Waals surface area contributed by atoms with Crippen molar-refractivity contribution >= 4 is 0 Å². The van der Waals surface area contributed by atoms with E-state index in [9.17, 15) is 13.6 Å². The Morgan fingerprint density at radius 3 is 2.90 bits per heavy atom. The minimum absolute atomic E-state index is 0.0270. The summed E-state index contributed by atoms with van der Waals surface area (Å²) in [5.41, 5.74) is 5.72. The predicted molar refractivity (Wildman–Crippen MR) is 72.7 cm³/mol. The Labute approximate surface area is 120 Å². The fourth-order valence-corrected chi connectivity index (χ4v) is 2.65. The van der Waals surface area contributed by atoms with E-state index in [0.29, 0.717) is 6.54 Å². The zero-order valence-corrected chi connectivity index (χ0v) is 11.4. The van der Waals surface area contributed by atoms with Crippen LogP contribution in [0.3, 0.4) is 0 Å². The third-order valence-electron chi connectivity index (χ3n) is 3.76. The van der Waals surface area contributed by atoms with Gasteiger partial charge < -0.3 is 5.73 Å². The SMILES string of the molecule is NC(Cn1nc2n(c1=O)CCCC2)c1cc(F)ccc1F. The van der Waals surface area contributed by atoms with E-state index in [4.69, 9.17) is 5.73 Å². The van der Waals surface area contributed by atoms with Crippen molar-refractivity contribution in [3.8, 4) is 0 Å². The maximum atomic E-state index is 13.7. The standard InChI is InChI=1S/C14H16F2N4O/c15-9-4-5-11(16)10(7-9)12(17)8-20-14(21)19-6-2-1-3-13(19)18-20/h4-5,7,12H,1-3,6,8,17H2. The highest BCUT2D eigenvalue weighted by atomic mass is 19.1. The van der Waals surface area contributed by atoms with Crippen molar-refractivity contribution in [2.45, 2.75) is 38.4 Å². The number of nitrogens with two attached hydrogens (primary N) is 1. The second-order valence-corrected chi connectivity index (χ2v) is 5.26. The third-order valence-corrected chi connectivity index (χ3v) is 3.76. The summed E-state index contributed by atoms with van der Waals surface area (Å²) in [7, 11) is 0. The highest BCUT2D eigenvalue weighted by Gasteiger charge is 2.20. The van der Waals surface area contributed by atoms with Crippen LogP contribution in [0.15, 0.2) is 23.0 Å². The summed E-state index contributed by atoms with van der Waals surface area (Å²) in [6.07, 6.45) is 2.70. The zero-order chi connectivity index (χ0) is 15.0. The highest BCUT2D eigenvalue weighted by molar-refractivity contribution is 5.21. The molecule has 0 radical (unpaired) electrons. The number of hydrogen-bond acceptors (Lipinski definition) is 3. The molecule has 0 aliphatic carbocycles. The summed E-state index contributed by atoms with van der Waals surface area (Å²) in [6, 6.07) is 2.30. The monoisotopic (exact) mass is 294 g/mol. The molecule has 0 saturated carbocycles. The number of aryl methyl sites for hydroxylation is 1. The van der Waals surface area contributed by atoms with Crippen LogP contribution in [0.25, 0.3) is 0 Å². The molecular formula is C14H16F2N4O. The van der Waals surface area contributed by atoms with Crippen LogP contribution >= 0.6 is 0 Å². The first kappa shape index (κ1) is 13.9. The molecule has 7 heteroatoms. The Morgan fingerprint density at radius 2 is 2.14 bits per heavy atom. The van der Waals surface area contributed by atoms with Gasteiger partial charge in [0.05, 0.1) is 12.6 Å². The molecule has 1 aliphatic rings. The average molecular weight is 294 g/mol. The summed E-state index contributed by atoms with van der Waals surface area (Å²) in [6.45, 7) is 0.678. The minimum Gasteiger partial charge on any atom is -0.322 e. The fraction of sp³-hybridized carbons (Fsp3) is 0.429. The maximum Gasteiger partial charge on any atom is 0.345 e. The van der Waals surface area contributed by atoms with Gasteiger partial charge >= 0.3 is 5.69 Å². The van der Waals surface area contributed by atoms with Crippen molar-refractivity contribution < 1.29 is 8.78 Å². The Bertz CT molecular complexity index is 722. The van der Waals surface area contributed by atoms with Gasteiger partial charge in [-0.25, -0.2) is 18.3 Å². The van der Waals surface area contributed by atoms with Crippen molar-refractivity contribution in [2.24, 2.45) is 5.73 Å². The molecule has 0 bridgehead atoms. The quantitative estimate of drug-likeness (QED) is 0.929. The molecule has 2 heterocycles. The Hall–Kier alpha value is -2.02. The van der Waals surface area contributed by atoms with Crippen molar-refractivity contribution in [3.05, 3.63) is 51.7 Å². The van der Waals surface area contributed by atoms with Crippen LogP contribution in [0.5, 0.6) is 0 Å². The van der Waals surface area contributed by atoms with Gasteiger partial charge in [-0.15, -0.1) is 0 Å². The highest BCUT2D eigenvalue weighted by Crippen LogP contribution is 2.18. The molecule has 5 nitrogen and oxygen atoms in total. The van der Waals surface area contributed by atoms with Crippen molar-refractivity contribution in [1.29, 1.82) is 0 Å². The average Bonchev–Trinajstić information content (AvgIpc) is 2.78. The molecular weight excluding hydrogens is 278 g/mol. The lowest BCUT2D eigenvalue weighted by molar-refractivity contribution is 0.479. The van der Waals surface area contributed by atoms with Crippen LogP contribution in [0.4, 0.5) is 8.78 Å². The topological polar surface area (TPSA) is 65.8 Å². The predicted octanol–water partition coefficient (Wildman–Crippen LogP) is 1.36. The number of halogens is 2. The molecule has 21 heavy (non-hydrogen) atoms. The lowest BCUT2D eigenvalue weighted by Crippen LogP contribution is -2.30. The summed E-state index contributed by atoms with van der Waals surface area (Å²) in [4.78, 5) is 12.2. The van der Waals surface area contributed by atoms with E-state index in [-0.39, 0.29) is 17.8 Å². The van der Waals surface area contributed by atoms with Gasteiger partial charge in [0, 0.05) is 18.5 Å². The smallest absolute Gasteiger partial charge is 0.322 e. The van der Waals surface area contributed by atoms with Gasteiger partial charge in [-0.1, -0.05) is 0 Å². The van der Waals surface area contributed by atoms with E-state index in [1.807, 2.05) is 0 Å². The summed E-state index contributed by atoms with van der Waals surface area (Å²) >= 11 is 0. The van der Waals surface area contributed by atoms with Crippen LogP contribution in [0, 0.1) is 11.6 Å². The maximum absolute atomic E-state index is 13.7. The molecule has 0 fully saturated rings. The molecule has 2 aromatic rings. The van der Waals surface area contributed by atoms with Gasteiger partial charge in [0.15, 0.2) is 0 Å². The van der Waals surface area contributed by atoms with Crippen molar-refractivity contribution in [1.82, 2.24) is 14.3 Å². The molecule has 112 valence electrons. The fourth-order valence-electron chi connectivity index (χ4n) is 2.65. The summed E-state index contributed by atoms with van der Waals surface area (Å²) in [5.74, 6) is -0.405. The minimum atomic E-state index is -0.824. The van der Waals surface area contributed by atoms with Crippen LogP contribution < -0.4 is 11.4 Å². The molecule has 0 amide bonds. The molecule has 1 aliphatic heterocycles. The van der Waals surface area contributed by atoms with E-state index in [1.165, 1.54) is 4.68 Å². The van der Waals surface area contributed by atoms with Crippen molar-refractivity contribution in [3.63, 3.8) is 0 Å². The summed E-state index contributed by atoms with van der Waals surface area (Å²) in [5, 5.41) is 4.24. The molecule has 1 aromatic heterocycles. The first-order valence-electron chi connectivity index (χ1n) is 6.93. The molecule has 1 atom stereocenters. The van der Waals surface area contributed by atoms with Crippen molar-refractivity contribution in [2.75, 3.05) is 0 Å². The van der Waals surface area contributed by atoms with E-state index in [0.717, 1.165) is 43.3 Å². The van der Waals surface area contributed by atoms with Crippen LogP contribution in [0.1, 0.15) is 30.3 Å². The third kappa shape index (κ3) is 2.61. The van der Waals surface area contributed by atoms with Gasteiger partial charge in [-0.05, 0) is 31.0 Å². The Balaban J connectivity index is 1.88. The first-order valence-corrected chi connectivity index (χ1v) is 6.93. The molecule has 0 spiro atoms. The van der Waals surface area contributed by atoms with Gasteiger partial charge in [0.1, 0.15) is 17.5 Å². The molecule has 0 saturated heterocycles. The van der Waals surface area contributed by atoms with E-state index in [1.54, 1.807) is 4.57 Å². The van der Waals surface area contributed by atoms with Crippen LogP contribution in [0.2, 0.25) is 0 Å². The van der Waals surface area contributed by atoms with Gasteiger partial charge in [0.2, 0.25) is 0 Å². The number of fused-ring (bicyclic) bond motifs is 1. The van der Waals surface area contributed by atoms with Crippen LogP contribution in [-0.2, 0) is 19.5 Å². The number of rotatable bonds is 3. The first-order chi connectivity index (χ1) is 10.1. The Kier molecular flexibility index (Phi) is 3.59. The second kappa shape index (κ2) is 5.40. The normalized spacial score (nSPS) is 15.8. The van der Waals surface area contributed by atoms with E-state index in [2.05, 4.69) is 5.10 Å². The number of benzene rings is 1. The molecule has 2 N–H and O–H groups in total. The number of hydrogen-bond donors (Lipinski definition) is 1. The van der Waals surface area contributed by atoms with Gasteiger partial charge in [-0.2, -0.15) is 5.10 Å². The van der Waals surface area contributed by atoms with Gasteiger partial charge in [-0.3, -0.25) is 4.57 Å². The molecule has 1 aromatic carbocycles. The molecule has 3 rings (SSSR count). The zero-order valence-electron chi connectivity index (χ0n) is 11.4. The number of nitrogens with zero attached hydrogens (tertiary/aromatic N) is 3. The lowest BCUT2D eigenvalue weighted by Gasteiger charge is -2.12. The van der Waals surface area contributed by atoms with Gasteiger partial charge in [0.25, 0.3) is 0 Å². The Morgan fingerprint density at radius 1 is 1.33 bits per heavy atom. The lowest BCUT2D eigenvalue weighted by atomic mass is 10.1. The molecule has 1 unspecified atom stereocenters.